The van der Waals surface area contributed by atoms with E-state index in [0.29, 0.717) is 13.1 Å². The fourth-order valence-corrected chi connectivity index (χ4v) is 2.48. The Kier molecular flexibility index (Phi) is 2.96. The molecule has 4 nitrogen and oxygen atoms in total. The maximum Gasteiger partial charge on any atom is 0.320 e. The number of ketones is 1. The van der Waals surface area contributed by atoms with Gasteiger partial charge in [0.1, 0.15) is 0 Å². The summed E-state index contributed by atoms with van der Waals surface area (Å²) in [4.78, 5) is 28.5. The second-order valence-electron chi connectivity index (χ2n) is 3.96. The van der Waals surface area contributed by atoms with Crippen LogP contribution in [0.4, 0.5) is 4.79 Å². The molecule has 0 aromatic carbocycles. The molecule has 1 saturated heterocycles. The third kappa shape index (κ3) is 2.09. The molecule has 1 aromatic heterocycles. The standard InChI is InChI=1S/C11H14N2O2S/c1-8-3-4-10(16-8)9(14)7-13-6-5-12(2)11(13)15/h3-4H,5-7H2,1-2H3. The topological polar surface area (TPSA) is 40.6 Å². The number of carbonyl (C=O) groups is 2. The summed E-state index contributed by atoms with van der Waals surface area (Å²) in [5.74, 6) is 0.0294. The molecule has 1 aromatic rings. The number of amides is 2. The van der Waals surface area contributed by atoms with Gasteiger partial charge >= 0.3 is 6.03 Å². The van der Waals surface area contributed by atoms with E-state index in [1.54, 1.807) is 16.8 Å². The molecule has 1 aliphatic heterocycles. The van der Waals surface area contributed by atoms with Crippen molar-refractivity contribution in [3.8, 4) is 0 Å². The molecular weight excluding hydrogens is 224 g/mol. The van der Waals surface area contributed by atoms with Crippen LogP contribution in [0.5, 0.6) is 0 Å². The first-order chi connectivity index (χ1) is 7.58. The van der Waals surface area contributed by atoms with E-state index in [-0.39, 0.29) is 18.4 Å². The van der Waals surface area contributed by atoms with Gasteiger partial charge in [0.25, 0.3) is 0 Å². The van der Waals surface area contributed by atoms with Crippen LogP contribution in [-0.2, 0) is 0 Å². The maximum absolute atomic E-state index is 11.9. The first-order valence-electron chi connectivity index (χ1n) is 5.17. The fourth-order valence-electron chi connectivity index (χ4n) is 1.69. The lowest BCUT2D eigenvalue weighted by Crippen LogP contribution is -2.33. The second kappa shape index (κ2) is 4.25. The molecule has 1 fully saturated rings. The predicted octanol–water partition coefficient (Wildman–Crippen LogP) is 1.61. The van der Waals surface area contributed by atoms with E-state index in [2.05, 4.69) is 0 Å². The molecule has 2 heterocycles. The number of aryl methyl sites for hydroxylation is 1. The van der Waals surface area contributed by atoms with Crippen LogP contribution >= 0.6 is 11.3 Å². The van der Waals surface area contributed by atoms with Crippen molar-refractivity contribution < 1.29 is 9.59 Å². The molecule has 0 saturated carbocycles. The highest BCUT2D eigenvalue weighted by Crippen LogP contribution is 2.17. The largest absolute Gasteiger partial charge is 0.326 e. The molecule has 16 heavy (non-hydrogen) atoms. The molecule has 1 aliphatic rings. The molecule has 0 N–H and O–H groups in total. The maximum atomic E-state index is 11.9. The van der Waals surface area contributed by atoms with Crippen LogP contribution in [0.25, 0.3) is 0 Å². The number of urea groups is 1. The van der Waals surface area contributed by atoms with Crippen LogP contribution in [0.1, 0.15) is 14.5 Å². The molecule has 86 valence electrons. The number of rotatable bonds is 3. The lowest BCUT2D eigenvalue weighted by molar-refractivity contribution is 0.0956. The van der Waals surface area contributed by atoms with E-state index in [4.69, 9.17) is 0 Å². The molecule has 0 aliphatic carbocycles. The number of likely N-dealkylation sites (N-methyl/N-ethyl adjacent to an activating group) is 1. The van der Waals surface area contributed by atoms with Gasteiger partial charge < -0.3 is 9.80 Å². The van der Waals surface area contributed by atoms with Gasteiger partial charge in [-0.25, -0.2) is 4.79 Å². The van der Waals surface area contributed by atoms with Gasteiger partial charge in [-0.15, -0.1) is 11.3 Å². The van der Waals surface area contributed by atoms with Crippen molar-refractivity contribution in [3.63, 3.8) is 0 Å². The summed E-state index contributed by atoms with van der Waals surface area (Å²) in [6, 6.07) is 3.70. The van der Waals surface area contributed by atoms with Crippen molar-refractivity contribution in [3.05, 3.63) is 21.9 Å². The minimum absolute atomic E-state index is 0.0294. The molecule has 0 bridgehead atoms. The second-order valence-corrected chi connectivity index (χ2v) is 5.25. The Hall–Kier alpha value is -1.36. The number of nitrogens with zero attached hydrogens (tertiary/aromatic N) is 2. The van der Waals surface area contributed by atoms with Crippen LogP contribution in [0, 0.1) is 6.92 Å². The highest BCUT2D eigenvalue weighted by atomic mass is 32.1. The predicted molar refractivity (Wildman–Crippen MR) is 63.0 cm³/mol. The highest BCUT2D eigenvalue weighted by molar-refractivity contribution is 7.14. The number of hydrogen-bond acceptors (Lipinski definition) is 3. The lowest BCUT2D eigenvalue weighted by Gasteiger charge is -2.14. The van der Waals surface area contributed by atoms with E-state index >= 15 is 0 Å². The SMILES string of the molecule is Cc1ccc(C(=O)CN2CCN(C)C2=O)s1. The van der Waals surface area contributed by atoms with E-state index in [0.717, 1.165) is 9.75 Å². The third-order valence-electron chi connectivity index (χ3n) is 2.65. The normalized spacial score (nSPS) is 16.0. The van der Waals surface area contributed by atoms with E-state index in [1.165, 1.54) is 11.3 Å². The zero-order chi connectivity index (χ0) is 11.7. The first-order valence-corrected chi connectivity index (χ1v) is 5.99. The van der Waals surface area contributed by atoms with Crippen LogP contribution in [0.3, 0.4) is 0 Å². The van der Waals surface area contributed by atoms with E-state index in [9.17, 15) is 9.59 Å². The minimum atomic E-state index is -0.0540. The zero-order valence-corrected chi connectivity index (χ0v) is 10.2. The monoisotopic (exact) mass is 238 g/mol. The Labute approximate surface area is 98.5 Å². The van der Waals surface area contributed by atoms with E-state index in [1.807, 2.05) is 19.1 Å². The van der Waals surface area contributed by atoms with Gasteiger partial charge in [0.15, 0.2) is 5.78 Å². The van der Waals surface area contributed by atoms with Crippen molar-refractivity contribution in [1.82, 2.24) is 9.80 Å². The van der Waals surface area contributed by atoms with Gasteiger partial charge in [-0.1, -0.05) is 0 Å². The molecule has 0 atom stereocenters. The summed E-state index contributed by atoms with van der Waals surface area (Å²) in [7, 11) is 1.75. The van der Waals surface area contributed by atoms with E-state index < -0.39 is 0 Å². The van der Waals surface area contributed by atoms with Gasteiger partial charge in [0, 0.05) is 25.0 Å². The fraction of sp³-hybridized carbons (Fsp3) is 0.455. The van der Waals surface area contributed by atoms with Crippen molar-refractivity contribution >= 4 is 23.2 Å². The molecule has 2 rings (SSSR count). The highest BCUT2D eigenvalue weighted by Gasteiger charge is 2.27. The summed E-state index contributed by atoms with van der Waals surface area (Å²) < 4.78 is 0. The van der Waals surface area contributed by atoms with Crippen molar-refractivity contribution in [1.29, 1.82) is 0 Å². The Morgan fingerprint density at radius 1 is 1.44 bits per heavy atom. The molecule has 0 radical (unpaired) electrons. The van der Waals surface area contributed by atoms with Crippen LogP contribution in [-0.4, -0.2) is 48.3 Å². The van der Waals surface area contributed by atoms with Crippen LogP contribution in [0.2, 0.25) is 0 Å². The molecule has 0 unspecified atom stereocenters. The molecule has 2 amide bonds. The Balaban J connectivity index is 2.01. The summed E-state index contributed by atoms with van der Waals surface area (Å²) in [6.45, 7) is 3.51. The van der Waals surface area contributed by atoms with Gasteiger partial charge in [0.05, 0.1) is 11.4 Å². The number of thiophene rings is 1. The van der Waals surface area contributed by atoms with Gasteiger partial charge in [-0.3, -0.25) is 4.79 Å². The Bertz CT molecular complexity index is 427. The number of hydrogen-bond donors (Lipinski definition) is 0. The average Bonchev–Trinajstić information content (AvgIpc) is 2.79. The number of Topliss-reactive ketones (excluding diaryl/α,β-unsaturated/α-hetero) is 1. The Morgan fingerprint density at radius 2 is 2.19 bits per heavy atom. The van der Waals surface area contributed by atoms with Crippen LogP contribution in [0.15, 0.2) is 12.1 Å². The average molecular weight is 238 g/mol. The minimum Gasteiger partial charge on any atom is -0.326 e. The summed E-state index contributed by atoms with van der Waals surface area (Å²) >= 11 is 1.48. The third-order valence-corrected chi connectivity index (χ3v) is 3.69. The Morgan fingerprint density at radius 3 is 2.69 bits per heavy atom. The smallest absolute Gasteiger partial charge is 0.320 e. The summed E-state index contributed by atoms with van der Waals surface area (Å²) in [5.41, 5.74) is 0. The van der Waals surface area contributed by atoms with Gasteiger partial charge in [0.2, 0.25) is 0 Å². The van der Waals surface area contributed by atoms with Crippen molar-refractivity contribution in [2.24, 2.45) is 0 Å². The molecule has 0 spiro atoms. The number of carbonyl (C=O) groups excluding carboxylic acids is 2. The quantitative estimate of drug-likeness (QED) is 0.751. The van der Waals surface area contributed by atoms with Crippen molar-refractivity contribution in [2.75, 3.05) is 26.7 Å². The molecule has 5 heteroatoms. The van der Waals surface area contributed by atoms with Crippen molar-refractivity contribution in [2.45, 2.75) is 6.92 Å². The first kappa shape index (κ1) is 11.1. The summed E-state index contributed by atoms with van der Waals surface area (Å²) in [5, 5.41) is 0. The van der Waals surface area contributed by atoms with Gasteiger partial charge in [-0.05, 0) is 19.1 Å². The summed E-state index contributed by atoms with van der Waals surface area (Å²) in [6.07, 6.45) is 0. The van der Waals surface area contributed by atoms with Gasteiger partial charge in [-0.2, -0.15) is 0 Å². The lowest BCUT2D eigenvalue weighted by atomic mass is 10.3. The molecular formula is C11H14N2O2S. The van der Waals surface area contributed by atoms with Crippen LogP contribution < -0.4 is 0 Å². The zero-order valence-electron chi connectivity index (χ0n) is 9.40.